The van der Waals surface area contributed by atoms with E-state index in [1.54, 1.807) is 0 Å². The smallest absolute Gasteiger partial charge is 0.0463 e. The van der Waals surface area contributed by atoms with Crippen LogP contribution in [0.4, 0.5) is 0 Å². The van der Waals surface area contributed by atoms with Gasteiger partial charge in [-0.2, -0.15) is 12.6 Å². The van der Waals surface area contributed by atoms with E-state index >= 15 is 0 Å². The molecule has 0 amide bonds. The third-order valence-electron chi connectivity index (χ3n) is 1.42. The predicted octanol–water partition coefficient (Wildman–Crippen LogP) is 3.98. The molecule has 0 aliphatic carbocycles. The van der Waals surface area contributed by atoms with Crippen LogP contribution in [0.15, 0.2) is 18.2 Å². The van der Waals surface area contributed by atoms with E-state index in [9.17, 15) is 0 Å². The van der Waals surface area contributed by atoms with Crippen LogP contribution in [-0.4, -0.2) is 0 Å². The van der Waals surface area contributed by atoms with Crippen molar-refractivity contribution >= 4 is 35.8 Å². The number of rotatable bonds is 1. The topological polar surface area (TPSA) is 0 Å². The van der Waals surface area contributed by atoms with E-state index in [2.05, 4.69) is 12.6 Å². The van der Waals surface area contributed by atoms with Gasteiger partial charge in [-0.1, -0.05) is 29.3 Å². The van der Waals surface area contributed by atoms with Crippen LogP contribution in [0.3, 0.4) is 0 Å². The molecular formula is C8H8Cl2S. The van der Waals surface area contributed by atoms with E-state index in [-0.39, 0.29) is 5.25 Å². The minimum atomic E-state index is 0.0798. The molecule has 0 radical (unpaired) electrons. The lowest BCUT2D eigenvalue weighted by molar-refractivity contribution is 1.11. The monoisotopic (exact) mass is 206 g/mol. The van der Waals surface area contributed by atoms with Crippen molar-refractivity contribution in [3.05, 3.63) is 33.8 Å². The number of hydrogen-bond acceptors (Lipinski definition) is 1. The molecule has 1 rings (SSSR count). The van der Waals surface area contributed by atoms with E-state index in [1.165, 1.54) is 0 Å². The lowest BCUT2D eigenvalue weighted by Crippen LogP contribution is -1.86. The minimum absolute atomic E-state index is 0.0798. The largest absolute Gasteiger partial charge is 0.171 e. The van der Waals surface area contributed by atoms with Crippen molar-refractivity contribution in [2.24, 2.45) is 0 Å². The first-order valence-electron chi connectivity index (χ1n) is 3.25. The zero-order valence-electron chi connectivity index (χ0n) is 6.01. The second kappa shape index (κ2) is 3.70. The molecule has 1 aromatic carbocycles. The molecule has 3 heteroatoms. The van der Waals surface area contributed by atoms with Crippen LogP contribution in [0.5, 0.6) is 0 Å². The first-order valence-corrected chi connectivity index (χ1v) is 4.52. The first kappa shape index (κ1) is 9.24. The van der Waals surface area contributed by atoms with Crippen LogP contribution in [0.2, 0.25) is 10.0 Å². The Morgan fingerprint density at radius 2 is 1.73 bits per heavy atom. The van der Waals surface area contributed by atoms with Crippen molar-refractivity contribution in [1.82, 2.24) is 0 Å². The third-order valence-corrected chi connectivity index (χ3v) is 2.33. The molecule has 0 nitrogen and oxygen atoms in total. The summed E-state index contributed by atoms with van der Waals surface area (Å²) in [6.45, 7) is 1.94. The average Bonchev–Trinajstić information content (AvgIpc) is 1.85. The molecule has 0 aliphatic heterocycles. The van der Waals surface area contributed by atoms with Crippen molar-refractivity contribution in [1.29, 1.82) is 0 Å². The van der Waals surface area contributed by atoms with Crippen LogP contribution >= 0.6 is 35.8 Å². The lowest BCUT2D eigenvalue weighted by Gasteiger charge is -2.08. The van der Waals surface area contributed by atoms with E-state index in [0.29, 0.717) is 10.0 Å². The zero-order valence-corrected chi connectivity index (χ0v) is 8.42. The summed E-state index contributed by atoms with van der Waals surface area (Å²) in [6, 6.07) is 5.45. The molecule has 0 bridgehead atoms. The quantitative estimate of drug-likeness (QED) is 0.661. The fraction of sp³-hybridized carbons (Fsp3) is 0.250. The molecule has 1 aromatic rings. The summed E-state index contributed by atoms with van der Waals surface area (Å²) >= 11 is 16.0. The van der Waals surface area contributed by atoms with Crippen LogP contribution < -0.4 is 0 Å². The molecule has 0 aliphatic rings. The highest BCUT2D eigenvalue weighted by Gasteiger charge is 2.08. The zero-order chi connectivity index (χ0) is 8.43. The fourth-order valence-corrected chi connectivity index (χ4v) is 2.06. The van der Waals surface area contributed by atoms with E-state index < -0.39 is 0 Å². The maximum Gasteiger partial charge on any atom is 0.0463 e. The molecule has 0 saturated carbocycles. The van der Waals surface area contributed by atoms with Crippen LogP contribution in [0.25, 0.3) is 0 Å². The van der Waals surface area contributed by atoms with Crippen molar-refractivity contribution in [3.8, 4) is 0 Å². The SMILES string of the molecule is CC(S)c1c(Cl)cccc1Cl. The van der Waals surface area contributed by atoms with Gasteiger partial charge in [-0.3, -0.25) is 0 Å². The van der Waals surface area contributed by atoms with Gasteiger partial charge in [0.25, 0.3) is 0 Å². The highest BCUT2D eigenvalue weighted by Crippen LogP contribution is 2.32. The van der Waals surface area contributed by atoms with Gasteiger partial charge in [0, 0.05) is 20.9 Å². The standard InChI is InChI=1S/C8H8Cl2S/c1-5(11)8-6(9)3-2-4-7(8)10/h2-5,11H,1H3. The molecule has 0 spiro atoms. The van der Waals surface area contributed by atoms with Crippen LogP contribution in [0, 0.1) is 0 Å². The molecule has 0 aromatic heterocycles. The molecular weight excluding hydrogens is 199 g/mol. The summed E-state index contributed by atoms with van der Waals surface area (Å²) < 4.78 is 0. The first-order chi connectivity index (χ1) is 5.13. The molecule has 1 atom stereocenters. The van der Waals surface area contributed by atoms with E-state index in [1.807, 2.05) is 25.1 Å². The van der Waals surface area contributed by atoms with Crippen molar-refractivity contribution < 1.29 is 0 Å². The Labute approximate surface area is 81.9 Å². The molecule has 0 fully saturated rings. The summed E-state index contributed by atoms with van der Waals surface area (Å²) in [4.78, 5) is 0. The number of benzene rings is 1. The molecule has 0 heterocycles. The van der Waals surface area contributed by atoms with Gasteiger partial charge in [0.1, 0.15) is 0 Å². The van der Waals surface area contributed by atoms with Crippen molar-refractivity contribution in [3.63, 3.8) is 0 Å². The molecule has 11 heavy (non-hydrogen) atoms. The summed E-state index contributed by atoms with van der Waals surface area (Å²) in [5.74, 6) is 0. The van der Waals surface area contributed by atoms with Gasteiger partial charge in [-0.05, 0) is 19.1 Å². The molecule has 1 unspecified atom stereocenters. The second-order valence-corrected chi connectivity index (χ2v) is 3.90. The van der Waals surface area contributed by atoms with Gasteiger partial charge in [0.15, 0.2) is 0 Å². The van der Waals surface area contributed by atoms with Gasteiger partial charge in [-0.15, -0.1) is 0 Å². The molecule has 0 N–H and O–H groups in total. The van der Waals surface area contributed by atoms with Crippen molar-refractivity contribution in [2.75, 3.05) is 0 Å². The summed E-state index contributed by atoms with van der Waals surface area (Å²) in [5.41, 5.74) is 0.902. The fourth-order valence-electron chi connectivity index (χ4n) is 0.910. The Balaban J connectivity index is 3.21. The summed E-state index contributed by atoms with van der Waals surface area (Å²) in [7, 11) is 0. The van der Waals surface area contributed by atoms with E-state index in [4.69, 9.17) is 23.2 Å². The van der Waals surface area contributed by atoms with Gasteiger partial charge < -0.3 is 0 Å². The number of hydrogen-bond donors (Lipinski definition) is 1. The highest BCUT2D eigenvalue weighted by atomic mass is 35.5. The maximum absolute atomic E-state index is 5.89. The number of halogens is 2. The minimum Gasteiger partial charge on any atom is -0.171 e. The van der Waals surface area contributed by atoms with Gasteiger partial charge in [0.05, 0.1) is 0 Å². The third kappa shape index (κ3) is 2.05. The van der Waals surface area contributed by atoms with Gasteiger partial charge in [0.2, 0.25) is 0 Å². The maximum atomic E-state index is 5.89. The Bertz CT molecular complexity index is 238. The Hall–Kier alpha value is 0.150. The Morgan fingerprint density at radius 1 is 1.27 bits per heavy atom. The highest BCUT2D eigenvalue weighted by molar-refractivity contribution is 7.80. The lowest BCUT2D eigenvalue weighted by atomic mass is 10.2. The molecule has 60 valence electrons. The normalized spacial score (nSPS) is 13.1. The Kier molecular flexibility index (Phi) is 3.11. The Morgan fingerprint density at radius 3 is 2.00 bits per heavy atom. The molecule has 0 saturated heterocycles. The van der Waals surface area contributed by atoms with Gasteiger partial charge >= 0.3 is 0 Å². The average molecular weight is 207 g/mol. The van der Waals surface area contributed by atoms with E-state index in [0.717, 1.165) is 5.56 Å². The second-order valence-electron chi connectivity index (χ2n) is 2.31. The van der Waals surface area contributed by atoms with Gasteiger partial charge in [-0.25, -0.2) is 0 Å². The van der Waals surface area contributed by atoms with Crippen LogP contribution in [-0.2, 0) is 0 Å². The summed E-state index contributed by atoms with van der Waals surface area (Å²) in [5, 5.41) is 1.44. The predicted molar refractivity (Wildman–Crippen MR) is 53.9 cm³/mol. The van der Waals surface area contributed by atoms with Crippen molar-refractivity contribution in [2.45, 2.75) is 12.2 Å². The van der Waals surface area contributed by atoms with Crippen LogP contribution in [0.1, 0.15) is 17.7 Å². The summed E-state index contributed by atoms with van der Waals surface area (Å²) in [6.07, 6.45) is 0. The number of thiol groups is 1.